The molecule has 0 spiro atoms. The summed E-state index contributed by atoms with van der Waals surface area (Å²) in [5.41, 5.74) is 1.11. The Bertz CT molecular complexity index is 648. The van der Waals surface area contributed by atoms with E-state index in [0.29, 0.717) is 26.0 Å². The molecule has 0 heterocycles. The number of rotatable bonds is 23. The second-order valence-electron chi connectivity index (χ2n) is 8.92. The Hall–Kier alpha value is -1.24. The van der Waals surface area contributed by atoms with Crippen LogP contribution >= 0.6 is 8.60 Å². The van der Waals surface area contributed by atoms with Crippen LogP contribution in [-0.2, 0) is 25.0 Å². The zero-order chi connectivity index (χ0) is 25.6. The van der Waals surface area contributed by atoms with Gasteiger partial charge in [0.25, 0.3) is 0 Å². The van der Waals surface area contributed by atoms with Crippen molar-refractivity contribution in [1.29, 1.82) is 0 Å². The van der Waals surface area contributed by atoms with Crippen LogP contribution in [0.1, 0.15) is 90.0 Å². The maximum absolute atomic E-state index is 11.5. The minimum absolute atomic E-state index is 0.0935. The summed E-state index contributed by atoms with van der Waals surface area (Å²) >= 11 is 0. The highest BCUT2D eigenvalue weighted by atomic mass is 31.2. The maximum atomic E-state index is 11.5. The van der Waals surface area contributed by atoms with Gasteiger partial charge < -0.3 is 28.7 Å². The van der Waals surface area contributed by atoms with Crippen LogP contribution in [0.4, 0.5) is 0 Å². The highest BCUT2D eigenvalue weighted by Crippen LogP contribution is 2.33. The Kier molecular flexibility index (Phi) is 20.0. The van der Waals surface area contributed by atoms with Crippen LogP contribution in [0.5, 0.6) is 5.75 Å². The summed E-state index contributed by atoms with van der Waals surface area (Å²) in [6.07, 6.45) is 13.9. The quantitative estimate of drug-likeness (QED) is 0.101. The van der Waals surface area contributed by atoms with E-state index in [0.717, 1.165) is 24.3 Å². The molecule has 8 heteroatoms. The molecule has 2 N–H and O–H groups in total. The van der Waals surface area contributed by atoms with E-state index in [-0.39, 0.29) is 12.6 Å². The lowest BCUT2D eigenvalue weighted by atomic mass is 10.1. The van der Waals surface area contributed by atoms with Gasteiger partial charge in [-0.1, -0.05) is 76.8 Å². The van der Waals surface area contributed by atoms with Crippen LogP contribution in [-0.4, -0.2) is 50.4 Å². The molecule has 0 saturated carbocycles. The smallest absolute Gasteiger partial charge is 0.330 e. The van der Waals surface area contributed by atoms with Crippen LogP contribution < -0.4 is 10.1 Å². The van der Waals surface area contributed by atoms with Crippen molar-refractivity contribution in [2.24, 2.45) is 0 Å². The Morgan fingerprint density at radius 3 is 2.34 bits per heavy atom. The number of esters is 1. The normalized spacial score (nSPS) is 12.9. The molecule has 1 rings (SSSR count). The van der Waals surface area contributed by atoms with E-state index >= 15 is 0 Å². The molecule has 202 valence electrons. The minimum Gasteiger partial charge on any atom is -0.494 e. The second-order valence-corrected chi connectivity index (χ2v) is 9.91. The van der Waals surface area contributed by atoms with E-state index in [1.807, 2.05) is 24.3 Å². The number of carbonyl (C=O) groups is 1. The van der Waals surface area contributed by atoms with Crippen LogP contribution in [0.3, 0.4) is 0 Å². The predicted molar refractivity (Wildman–Crippen MR) is 143 cm³/mol. The van der Waals surface area contributed by atoms with E-state index < -0.39 is 14.7 Å². The van der Waals surface area contributed by atoms with Crippen molar-refractivity contribution in [3.05, 3.63) is 29.8 Å². The molecule has 1 aromatic carbocycles. The van der Waals surface area contributed by atoms with E-state index in [1.54, 1.807) is 7.05 Å². The zero-order valence-electron chi connectivity index (χ0n) is 22.1. The van der Waals surface area contributed by atoms with E-state index in [2.05, 4.69) is 12.2 Å². The van der Waals surface area contributed by atoms with Crippen molar-refractivity contribution in [2.75, 3.05) is 33.4 Å². The fourth-order valence-electron chi connectivity index (χ4n) is 3.72. The van der Waals surface area contributed by atoms with Crippen molar-refractivity contribution in [3.8, 4) is 5.75 Å². The molecule has 1 aromatic rings. The predicted octanol–water partition coefficient (Wildman–Crippen LogP) is 6.32. The van der Waals surface area contributed by atoms with Crippen molar-refractivity contribution < 1.29 is 28.2 Å². The first-order valence-corrected chi connectivity index (χ1v) is 14.5. The molecule has 0 aliphatic heterocycles. The lowest BCUT2D eigenvalue weighted by Gasteiger charge is -2.19. The first kappa shape index (κ1) is 31.8. The summed E-state index contributed by atoms with van der Waals surface area (Å²) < 4.78 is 21.9. The van der Waals surface area contributed by atoms with Gasteiger partial charge in [-0.25, -0.2) is 0 Å². The van der Waals surface area contributed by atoms with Crippen molar-refractivity contribution in [2.45, 2.75) is 97.0 Å². The SMILES string of the molecule is CCCCCCCCCCCCOc1cccc(CCC(COP(O)OCCNC)OC(C)=O)c1. The maximum Gasteiger partial charge on any atom is 0.330 e. The monoisotopic (exact) mass is 513 g/mol. The molecule has 0 aliphatic carbocycles. The summed E-state index contributed by atoms with van der Waals surface area (Å²) in [6, 6.07) is 8.05. The Morgan fingerprint density at radius 1 is 1.00 bits per heavy atom. The first-order chi connectivity index (χ1) is 17.0. The van der Waals surface area contributed by atoms with Gasteiger partial charge in [0, 0.05) is 13.5 Å². The fourth-order valence-corrected chi connectivity index (χ4v) is 4.33. The number of hydrogen-bond donors (Lipinski definition) is 2. The van der Waals surface area contributed by atoms with E-state index in [4.69, 9.17) is 18.5 Å². The second kappa shape index (κ2) is 22.0. The minimum atomic E-state index is -1.99. The third kappa shape index (κ3) is 18.7. The van der Waals surface area contributed by atoms with Gasteiger partial charge in [0.05, 0.1) is 19.8 Å². The number of carbonyl (C=O) groups excluding carboxylic acids is 1. The summed E-state index contributed by atoms with van der Waals surface area (Å²) in [7, 11) is -0.185. The molecule has 0 aliphatic rings. The van der Waals surface area contributed by atoms with Gasteiger partial charge in [-0.2, -0.15) is 0 Å². The van der Waals surface area contributed by atoms with Crippen LogP contribution in [0, 0.1) is 0 Å². The standard InChI is InChI=1S/C27H48NO6P/c1-4-5-6-7-8-9-10-11-12-13-20-31-26-16-14-15-25(22-26)17-18-27(34-24(2)29)23-33-35(30)32-21-19-28-3/h14-16,22,27-28,30H,4-13,17-21,23H2,1-3H3. The first-order valence-electron chi connectivity index (χ1n) is 13.3. The molecular formula is C27H48NO6P. The highest BCUT2D eigenvalue weighted by molar-refractivity contribution is 7.40. The van der Waals surface area contributed by atoms with Gasteiger partial charge in [-0.05, 0) is 44.0 Å². The largest absolute Gasteiger partial charge is 0.494 e. The Labute approximate surface area is 214 Å². The molecule has 2 atom stereocenters. The summed E-state index contributed by atoms with van der Waals surface area (Å²) in [4.78, 5) is 21.3. The molecule has 0 saturated heterocycles. The number of nitrogens with one attached hydrogen (secondary N) is 1. The summed E-state index contributed by atoms with van der Waals surface area (Å²) in [6.45, 7) is 5.43. The Balaban J connectivity index is 2.27. The van der Waals surface area contributed by atoms with Gasteiger partial charge in [0.15, 0.2) is 0 Å². The molecular weight excluding hydrogens is 465 g/mol. The van der Waals surface area contributed by atoms with E-state index in [1.165, 1.54) is 64.7 Å². The van der Waals surface area contributed by atoms with Gasteiger partial charge in [-0.15, -0.1) is 0 Å². The van der Waals surface area contributed by atoms with Crippen molar-refractivity contribution in [3.63, 3.8) is 0 Å². The average Bonchev–Trinajstić information content (AvgIpc) is 2.84. The average molecular weight is 514 g/mol. The number of benzene rings is 1. The van der Waals surface area contributed by atoms with Gasteiger partial charge in [0.1, 0.15) is 11.9 Å². The van der Waals surface area contributed by atoms with Gasteiger partial charge in [0.2, 0.25) is 0 Å². The molecule has 2 unspecified atom stereocenters. The van der Waals surface area contributed by atoms with E-state index in [9.17, 15) is 9.69 Å². The zero-order valence-corrected chi connectivity index (χ0v) is 23.0. The molecule has 35 heavy (non-hydrogen) atoms. The number of likely N-dealkylation sites (N-methyl/N-ethyl adjacent to an activating group) is 1. The van der Waals surface area contributed by atoms with Crippen molar-refractivity contribution in [1.82, 2.24) is 5.32 Å². The lowest BCUT2D eigenvalue weighted by Crippen LogP contribution is -2.22. The number of hydrogen-bond acceptors (Lipinski definition) is 7. The van der Waals surface area contributed by atoms with Crippen LogP contribution in [0.25, 0.3) is 0 Å². The third-order valence-corrected chi connectivity index (χ3v) is 6.45. The fraction of sp³-hybridized carbons (Fsp3) is 0.741. The van der Waals surface area contributed by atoms with Gasteiger partial charge in [-0.3, -0.25) is 4.79 Å². The van der Waals surface area contributed by atoms with Crippen molar-refractivity contribution >= 4 is 14.6 Å². The topological polar surface area (TPSA) is 86.2 Å². The molecule has 7 nitrogen and oxygen atoms in total. The molecule has 0 radical (unpaired) electrons. The van der Waals surface area contributed by atoms with Crippen LogP contribution in [0.2, 0.25) is 0 Å². The molecule has 0 amide bonds. The number of aryl methyl sites for hydroxylation is 1. The molecule has 0 fully saturated rings. The van der Waals surface area contributed by atoms with Crippen LogP contribution in [0.15, 0.2) is 24.3 Å². The number of ether oxygens (including phenoxy) is 2. The lowest BCUT2D eigenvalue weighted by molar-refractivity contribution is -0.148. The molecule has 0 aromatic heterocycles. The third-order valence-electron chi connectivity index (χ3n) is 5.68. The number of unbranched alkanes of at least 4 members (excludes halogenated alkanes) is 9. The highest BCUT2D eigenvalue weighted by Gasteiger charge is 2.17. The summed E-state index contributed by atoms with van der Waals surface area (Å²) in [5, 5.41) is 2.93. The Morgan fingerprint density at radius 2 is 1.69 bits per heavy atom. The molecule has 0 bridgehead atoms. The summed E-state index contributed by atoms with van der Waals surface area (Å²) in [5.74, 6) is 0.501. The van der Waals surface area contributed by atoms with Gasteiger partial charge >= 0.3 is 14.6 Å².